The molecule has 8 heteroatoms. The van der Waals surface area contributed by atoms with Gasteiger partial charge in [0.1, 0.15) is 11.5 Å². The van der Waals surface area contributed by atoms with E-state index in [-0.39, 0.29) is 18.4 Å². The number of ether oxygens (including phenoxy) is 1. The average molecular weight is 485 g/mol. The van der Waals surface area contributed by atoms with Crippen molar-refractivity contribution in [2.45, 2.75) is 32.4 Å². The van der Waals surface area contributed by atoms with Crippen LogP contribution in [0.2, 0.25) is 0 Å². The van der Waals surface area contributed by atoms with E-state index in [1.807, 2.05) is 66.7 Å². The molecular weight excluding hydrogens is 456 g/mol. The fourth-order valence-corrected chi connectivity index (χ4v) is 3.76. The molecule has 184 valence electrons. The van der Waals surface area contributed by atoms with Crippen LogP contribution in [-0.2, 0) is 27.3 Å². The number of methoxy groups -OCH3 is 1. The maximum Gasteiger partial charge on any atom is 0.254 e. The van der Waals surface area contributed by atoms with Gasteiger partial charge in [-0.25, -0.2) is 4.98 Å². The quantitative estimate of drug-likeness (QED) is 0.340. The SMILES string of the molecule is COC(C(=O)NCc1nc(-c2cccc(NC(=O)CCc3cccnc3)c2)oc1C)c1ccccc1. The molecule has 8 nitrogen and oxygen atoms in total. The van der Waals surface area contributed by atoms with Crippen molar-refractivity contribution in [3.63, 3.8) is 0 Å². The van der Waals surface area contributed by atoms with Crippen LogP contribution in [0, 0.1) is 6.92 Å². The van der Waals surface area contributed by atoms with Gasteiger partial charge in [0.25, 0.3) is 5.91 Å². The standard InChI is InChI=1S/C28H28N4O4/c1-19-24(18-30-27(34)26(35-2)21-9-4-3-5-10-21)32-28(36-19)22-11-6-12-23(16-22)31-25(33)14-13-20-8-7-15-29-17-20/h3-12,15-17,26H,13-14,18H2,1-2H3,(H,30,34)(H,31,33). The van der Waals surface area contributed by atoms with Gasteiger partial charge in [-0.3, -0.25) is 14.6 Å². The normalized spacial score (nSPS) is 11.6. The lowest BCUT2D eigenvalue weighted by atomic mass is 10.1. The number of hydrogen-bond donors (Lipinski definition) is 2. The third-order valence-electron chi connectivity index (χ3n) is 5.66. The molecule has 0 saturated heterocycles. The van der Waals surface area contributed by atoms with Crippen LogP contribution in [0.15, 0.2) is 83.5 Å². The van der Waals surface area contributed by atoms with E-state index < -0.39 is 6.10 Å². The van der Waals surface area contributed by atoms with Gasteiger partial charge >= 0.3 is 0 Å². The van der Waals surface area contributed by atoms with E-state index in [2.05, 4.69) is 20.6 Å². The topological polar surface area (TPSA) is 106 Å². The zero-order valence-corrected chi connectivity index (χ0v) is 20.2. The monoisotopic (exact) mass is 484 g/mol. The lowest BCUT2D eigenvalue weighted by molar-refractivity contribution is -0.131. The molecule has 2 amide bonds. The molecule has 2 N–H and O–H groups in total. The molecule has 2 aromatic heterocycles. The number of nitrogens with one attached hydrogen (secondary N) is 2. The zero-order chi connectivity index (χ0) is 25.3. The molecule has 0 spiro atoms. The Balaban J connectivity index is 1.37. The third kappa shape index (κ3) is 6.43. The van der Waals surface area contributed by atoms with E-state index in [9.17, 15) is 9.59 Å². The summed E-state index contributed by atoms with van der Waals surface area (Å²) in [6, 6.07) is 20.4. The Morgan fingerprint density at radius 1 is 1.06 bits per heavy atom. The summed E-state index contributed by atoms with van der Waals surface area (Å²) in [6.45, 7) is 2.00. The van der Waals surface area contributed by atoms with Crippen LogP contribution < -0.4 is 10.6 Å². The number of anilines is 1. The number of rotatable bonds is 10. The van der Waals surface area contributed by atoms with Crippen molar-refractivity contribution in [1.29, 1.82) is 0 Å². The van der Waals surface area contributed by atoms with E-state index >= 15 is 0 Å². The van der Waals surface area contributed by atoms with Crippen molar-refractivity contribution in [2.24, 2.45) is 0 Å². The predicted octanol–water partition coefficient (Wildman–Crippen LogP) is 4.62. The van der Waals surface area contributed by atoms with Crippen molar-refractivity contribution in [3.05, 3.63) is 102 Å². The molecule has 1 unspecified atom stereocenters. The van der Waals surface area contributed by atoms with Gasteiger partial charge in [0.05, 0.1) is 6.54 Å². The first-order valence-corrected chi connectivity index (χ1v) is 11.6. The number of carbonyl (C=O) groups excluding carboxylic acids is 2. The van der Waals surface area contributed by atoms with Gasteiger partial charge in [-0.15, -0.1) is 0 Å². The number of amides is 2. The Hall–Kier alpha value is -4.30. The van der Waals surface area contributed by atoms with Crippen LogP contribution >= 0.6 is 0 Å². The summed E-state index contributed by atoms with van der Waals surface area (Å²) >= 11 is 0. The van der Waals surface area contributed by atoms with Crippen LogP contribution in [0.4, 0.5) is 5.69 Å². The van der Waals surface area contributed by atoms with Crippen LogP contribution in [0.3, 0.4) is 0 Å². The van der Waals surface area contributed by atoms with Gasteiger partial charge in [-0.1, -0.05) is 42.5 Å². The number of hydrogen-bond acceptors (Lipinski definition) is 6. The van der Waals surface area contributed by atoms with E-state index in [1.54, 1.807) is 19.3 Å². The van der Waals surface area contributed by atoms with Gasteiger partial charge in [-0.2, -0.15) is 0 Å². The summed E-state index contributed by atoms with van der Waals surface area (Å²) in [4.78, 5) is 33.7. The minimum atomic E-state index is -0.712. The number of nitrogens with zero attached hydrogens (tertiary/aromatic N) is 2. The highest BCUT2D eigenvalue weighted by Gasteiger charge is 2.21. The van der Waals surface area contributed by atoms with Gasteiger partial charge in [0, 0.05) is 37.2 Å². The molecule has 4 aromatic rings. The molecule has 2 heterocycles. The molecule has 4 rings (SSSR count). The summed E-state index contributed by atoms with van der Waals surface area (Å²) < 4.78 is 11.2. The lowest BCUT2D eigenvalue weighted by Gasteiger charge is -2.15. The van der Waals surface area contributed by atoms with E-state index in [0.29, 0.717) is 35.9 Å². The molecule has 1 atom stereocenters. The number of aromatic nitrogens is 2. The van der Waals surface area contributed by atoms with Crippen LogP contribution in [-0.4, -0.2) is 28.9 Å². The van der Waals surface area contributed by atoms with Gasteiger partial charge in [0.2, 0.25) is 11.8 Å². The second-order valence-electron chi connectivity index (χ2n) is 8.26. The highest BCUT2D eigenvalue weighted by molar-refractivity contribution is 5.91. The lowest BCUT2D eigenvalue weighted by Crippen LogP contribution is -2.30. The number of oxazole rings is 1. The molecular formula is C28H28N4O4. The average Bonchev–Trinajstić information content (AvgIpc) is 3.28. The highest BCUT2D eigenvalue weighted by atomic mass is 16.5. The molecule has 0 aliphatic carbocycles. The Labute approximate surface area is 209 Å². The summed E-state index contributed by atoms with van der Waals surface area (Å²) in [5, 5.41) is 5.79. The minimum absolute atomic E-state index is 0.0888. The van der Waals surface area contributed by atoms with Crippen LogP contribution in [0.5, 0.6) is 0 Å². The summed E-state index contributed by atoms with van der Waals surface area (Å²) in [5.74, 6) is 0.664. The Morgan fingerprint density at radius 3 is 2.64 bits per heavy atom. The third-order valence-corrected chi connectivity index (χ3v) is 5.66. The summed E-state index contributed by atoms with van der Waals surface area (Å²) in [5.41, 5.74) is 3.78. The van der Waals surface area contributed by atoms with Crippen molar-refractivity contribution in [2.75, 3.05) is 12.4 Å². The molecule has 2 aromatic carbocycles. The largest absolute Gasteiger partial charge is 0.441 e. The second-order valence-corrected chi connectivity index (χ2v) is 8.26. The van der Waals surface area contributed by atoms with Gasteiger partial charge in [0.15, 0.2) is 6.10 Å². The number of pyridine rings is 1. The Bertz CT molecular complexity index is 1310. The van der Waals surface area contributed by atoms with Crippen molar-refractivity contribution in [3.8, 4) is 11.5 Å². The maximum atomic E-state index is 12.7. The first-order chi connectivity index (χ1) is 17.5. The van der Waals surface area contributed by atoms with Crippen LogP contribution in [0.1, 0.15) is 35.1 Å². The Morgan fingerprint density at radius 2 is 1.89 bits per heavy atom. The van der Waals surface area contributed by atoms with E-state index in [1.165, 1.54) is 7.11 Å². The number of aryl methyl sites for hydroxylation is 2. The molecule has 0 fully saturated rings. The summed E-state index contributed by atoms with van der Waals surface area (Å²) in [6.07, 6.45) is 3.72. The number of benzene rings is 2. The zero-order valence-electron chi connectivity index (χ0n) is 20.2. The first-order valence-electron chi connectivity index (χ1n) is 11.6. The fraction of sp³-hybridized carbons (Fsp3) is 0.214. The number of carbonyl (C=O) groups is 2. The van der Waals surface area contributed by atoms with Crippen molar-refractivity contribution in [1.82, 2.24) is 15.3 Å². The van der Waals surface area contributed by atoms with Crippen molar-refractivity contribution < 1.29 is 18.7 Å². The molecule has 0 saturated carbocycles. The maximum absolute atomic E-state index is 12.7. The smallest absolute Gasteiger partial charge is 0.254 e. The van der Waals surface area contributed by atoms with E-state index in [0.717, 1.165) is 16.7 Å². The van der Waals surface area contributed by atoms with Crippen LogP contribution in [0.25, 0.3) is 11.5 Å². The molecule has 0 radical (unpaired) electrons. The molecule has 0 bridgehead atoms. The Kier molecular flexibility index (Phi) is 8.20. The molecule has 0 aliphatic heterocycles. The fourth-order valence-electron chi connectivity index (χ4n) is 3.76. The predicted molar refractivity (Wildman–Crippen MR) is 136 cm³/mol. The highest BCUT2D eigenvalue weighted by Crippen LogP contribution is 2.25. The molecule has 0 aliphatic rings. The minimum Gasteiger partial charge on any atom is -0.441 e. The summed E-state index contributed by atoms with van der Waals surface area (Å²) in [7, 11) is 1.50. The van der Waals surface area contributed by atoms with Crippen molar-refractivity contribution >= 4 is 17.5 Å². The molecule has 36 heavy (non-hydrogen) atoms. The van der Waals surface area contributed by atoms with Gasteiger partial charge < -0.3 is 19.8 Å². The van der Waals surface area contributed by atoms with Gasteiger partial charge in [-0.05, 0) is 48.7 Å². The first kappa shape index (κ1) is 24.8. The van der Waals surface area contributed by atoms with E-state index in [4.69, 9.17) is 9.15 Å². The second kappa shape index (κ2) is 11.9.